The van der Waals surface area contributed by atoms with Gasteiger partial charge in [0.2, 0.25) is 0 Å². The molecule has 0 aliphatic carbocycles. The summed E-state index contributed by atoms with van der Waals surface area (Å²) in [5.74, 6) is -1.53. The summed E-state index contributed by atoms with van der Waals surface area (Å²) in [7, 11) is 0. The maximum atomic E-state index is 13.6. The minimum absolute atomic E-state index is 0.200. The zero-order valence-electron chi connectivity index (χ0n) is 15.0. The summed E-state index contributed by atoms with van der Waals surface area (Å²) in [4.78, 5) is 19.1. The molecule has 6 nitrogen and oxygen atoms in total. The molecule has 2 atom stereocenters. The Balaban J connectivity index is 0.000000242. The molecule has 0 amide bonds. The fraction of sp³-hybridized carbons (Fsp3) is 0.238. The number of rotatable bonds is 3. The second-order valence-corrected chi connectivity index (χ2v) is 6.56. The van der Waals surface area contributed by atoms with Crippen LogP contribution in [0, 0.1) is 5.82 Å². The van der Waals surface area contributed by atoms with Gasteiger partial charge in [-0.2, -0.15) is 0 Å². The largest absolute Gasteiger partial charge is 0.482 e. The number of fused-ring (bicyclic) bond motifs is 3. The zero-order valence-corrected chi connectivity index (χ0v) is 15.0. The van der Waals surface area contributed by atoms with Crippen LogP contribution in [0.3, 0.4) is 0 Å². The van der Waals surface area contributed by atoms with Crippen LogP contribution in [0.15, 0.2) is 60.7 Å². The molecule has 0 saturated carbocycles. The molecule has 0 bridgehead atoms. The summed E-state index contributed by atoms with van der Waals surface area (Å²) in [6.45, 7) is 1.76. The van der Waals surface area contributed by atoms with Crippen LogP contribution < -0.4 is 10.1 Å². The minimum atomic E-state index is -1.26. The third kappa shape index (κ3) is 4.04. The Morgan fingerprint density at radius 2 is 1.82 bits per heavy atom. The van der Waals surface area contributed by atoms with Crippen molar-refractivity contribution in [2.75, 3.05) is 13.1 Å². The molecule has 1 fully saturated rings. The SMILES string of the molecule is Fc1cccc([C@@]23CCNC[C@@H]2c2ccccc2O3)c1.O=C(O)/C=C\C(=O)O. The molecular weight excluding hydrogens is 365 g/mol. The van der Waals surface area contributed by atoms with E-state index in [1.165, 1.54) is 11.6 Å². The number of nitrogens with one attached hydrogen (secondary N) is 1. The molecule has 0 spiro atoms. The molecule has 0 unspecified atom stereocenters. The lowest BCUT2D eigenvalue weighted by Crippen LogP contribution is -2.47. The first-order valence-corrected chi connectivity index (χ1v) is 8.81. The standard InChI is InChI=1S/C17H16FNO.C4H4O4/c18-13-5-3-4-12(10-13)17-8-9-19-11-15(17)14-6-1-2-7-16(14)20-17;5-3(6)1-2-4(7)8/h1-7,10,15,19H,8-9,11H2;1-2H,(H,5,6)(H,7,8)/b;2-1-/t15-,17+;/m1./s1. The lowest BCUT2D eigenvalue weighted by Gasteiger charge is -2.39. The third-order valence-corrected chi connectivity index (χ3v) is 4.85. The molecule has 1 saturated heterocycles. The van der Waals surface area contributed by atoms with Crippen LogP contribution in [0.25, 0.3) is 0 Å². The quantitative estimate of drug-likeness (QED) is 0.703. The van der Waals surface area contributed by atoms with Gasteiger partial charge in [0.15, 0.2) is 0 Å². The molecule has 4 rings (SSSR count). The first kappa shape index (κ1) is 19.6. The number of para-hydroxylation sites is 1. The van der Waals surface area contributed by atoms with Crippen molar-refractivity contribution in [2.24, 2.45) is 0 Å². The first-order valence-electron chi connectivity index (χ1n) is 8.81. The number of carboxylic acids is 2. The highest BCUT2D eigenvalue weighted by Gasteiger charge is 2.50. The van der Waals surface area contributed by atoms with E-state index in [1.807, 2.05) is 24.3 Å². The summed E-state index contributed by atoms with van der Waals surface area (Å²) in [5, 5.41) is 19.1. The molecule has 28 heavy (non-hydrogen) atoms. The summed E-state index contributed by atoms with van der Waals surface area (Å²) in [5.41, 5.74) is 1.75. The van der Waals surface area contributed by atoms with Crippen molar-refractivity contribution < 1.29 is 28.9 Å². The Hall–Kier alpha value is -3.19. The monoisotopic (exact) mass is 385 g/mol. The highest BCUT2D eigenvalue weighted by Crippen LogP contribution is 2.53. The summed E-state index contributed by atoms with van der Waals surface area (Å²) >= 11 is 0. The van der Waals surface area contributed by atoms with Gasteiger partial charge in [-0.3, -0.25) is 0 Å². The fourth-order valence-electron chi connectivity index (χ4n) is 3.70. The number of piperidine rings is 1. The van der Waals surface area contributed by atoms with Crippen molar-refractivity contribution in [1.29, 1.82) is 0 Å². The van der Waals surface area contributed by atoms with Gasteiger partial charge in [0, 0.05) is 36.6 Å². The van der Waals surface area contributed by atoms with Crippen molar-refractivity contribution in [3.05, 3.63) is 77.6 Å². The molecule has 0 radical (unpaired) electrons. The van der Waals surface area contributed by atoms with E-state index in [9.17, 15) is 14.0 Å². The third-order valence-electron chi connectivity index (χ3n) is 4.85. The van der Waals surface area contributed by atoms with E-state index < -0.39 is 17.5 Å². The van der Waals surface area contributed by atoms with Gasteiger partial charge < -0.3 is 20.3 Å². The van der Waals surface area contributed by atoms with Crippen LogP contribution in [0.4, 0.5) is 4.39 Å². The molecular formula is C21H20FNO5. The molecule has 3 N–H and O–H groups in total. The fourth-order valence-corrected chi connectivity index (χ4v) is 3.70. The number of hydrogen-bond acceptors (Lipinski definition) is 4. The van der Waals surface area contributed by atoms with Gasteiger partial charge in [0.05, 0.1) is 0 Å². The van der Waals surface area contributed by atoms with Crippen molar-refractivity contribution in [1.82, 2.24) is 5.32 Å². The maximum absolute atomic E-state index is 13.6. The number of hydrogen-bond donors (Lipinski definition) is 3. The van der Waals surface area contributed by atoms with Crippen LogP contribution in [-0.2, 0) is 15.2 Å². The number of carbonyl (C=O) groups is 2. The lowest BCUT2D eigenvalue weighted by atomic mass is 9.75. The Labute approximate surface area is 161 Å². The summed E-state index contributed by atoms with van der Waals surface area (Å²) < 4.78 is 20.0. The molecule has 2 aromatic carbocycles. The van der Waals surface area contributed by atoms with Crippen LogP contribution in [-0.4, -0.2) is 35.2 Å². The molecule has 7 heteroatoms. The molecule has 2 heterocycles. The number of halogens is 1. The van der Waals surface area contributed by atoms with E-state index in [4.69, 9.17) is 14.9 Å². The molecule has 0 aromatic heterocycles. The molecule has 2 aromatic rings. The van der Waals surface area contributed by atoms with Gasteiger partial charge >= 0.3 is 11.9 Å². The predicted molar refractivity (Wildman–Crippen MR) is 99.8 cm³/mol. The lowest BCUT2D eigenvalue weighted by molar-refractivity contribution is -0.134. The Morgan fingerprint density at radius 3 is 2.50 bits per heavy atom. The second-order valence-electron chi connectivity index (χ2n) is 6.56. The van der Waals surface area contributed by atoms with Gasteiger partial charge in [0.1, 0.15) is 17.2 Å². The van der Waals surface area contributed by atoms with E-state index in [0.29, 0.717) is 12.2 Å². The number of carboxylic acid groups (broad SMARTS) is 2. The average molecular weight is 385 g/mol. The van der Waals surface area contributed by atoms with Crippen LogP contribution >= 0.6 is 0 Å². The van der Waals surface area contributed by atoms with Crippen molar-refractivity contribution in [3.8, 4) is 5.75 Å². The van der Waals surface area contributed by atoms with Crippen LogP contribution in [0.2, 0.25) is 0 Å². The van der Waals surface area contributed by atoms with Crippen molar-refractivity contribution in [3.63, 3.8) is 0 Å². The normalized spacial score (nSPS) is 22.4. The summed E-state index contributed by atoms with van der Waals surface area (Å²) in [6.07, 6.45) is 1.97. The van der Waals surface area contributed by atoms with E-state index in [0.717, 1.165) is 30.8 Å². The molecule has 2 aliphatic heterocycles. The number of aliphatic carboxylic acids is 2. The van der Waals surface area contributed by atoms with E-state index in [-0.39, 0.29) is 11.7 Å². The van der Waals surface area contributed by atoms with E-state index >= 15 is 0 Å². The summed E-state index contributed by atoms with van der Waals surface area (Å²) in [6, 6.07) is 15.0. The van der Waals surface area contributed by atoms with Gasteiger partial charge in [-0.15, -0.1) is 0 Å². The smallest absolute Gasteiger partial charge is 0.328 e. The van der Waals surface area contributed by atoms with Crippen molar-refractivity contribution >= 4 is 11.9 Å². The average Bonchev–Trinajstić information content (AvgIpc) is 3.03. The van der Waals surface area contributed by atoms with E-state index in [1.54, 1.807) is 12.1 Å². The molecule has 146 valence electrons. The predicted octanol–water partition coefficient (Wildman–Crippen LogP) is 2.90. The minimum Gasteiger partial charge on any atom is -0.482 e. The topological polar surface area (TPSA) is 95.9 Å². The van der Waals surface area contributed by atoms with Gasteiger partial charge in [-0.05, 0) is 30.3 Å². The van der Waals surface area contributed by atoms with Gasteiger partial charge in [0.25, 0.3) is 0 Å². The zero-order chi connectivity index (χ0) is 20.1. The van der Waals surface area contributed by atoms with Crippen LogP contribution in [0.1, 0.15) is 23.5 Å². The van der Waals surface area contributed by atoms with Gasteiger partial charge in [-0.25, -0.2) is 14.0 Å². The molecule has 2 aliphatic rings. The second kappa shape index (κ2) is 8.22. The Bertz CT molecular complexity index is 897. The highest BCUT2D eigenvalue weighted by atomic mass is 19.1. The van der Waals surface area contributed by atoms with Gasteiger partial charge in [-0.1, -0.05) is 30.3 Å². The van der Waals surface area contributed by atoms with E-state index in [2.05, 4.69) is 11.4 Å². The Kier molecular flexibility index (Phi) is 5.75. The van der Waals surface area contributed by atoms with Crippen LogP contribution in [0.5, 0.6) is 5.75 Å². The number of ether oxygens (including phenoxy) is 1. The van der Waals surface area contributed by atoms with Crippen molar-refractivity contribution in [2.45, 2.75) is 17.9 Å². The Morgan fingerprint density at radius 1 is 1.11 bits per heavy atom. The maximum Gasteiger partial charge on any atom is 0.328 e. The number of benzene rings is 2. The highest BCUT2D eigenvalue weighted by molar-refractivity contribution is 5.89. The first-order chi connectivity index (χ1) is 13.4.